The quantitative estimate of drug-likeness (QED) is 0.389. The van der Waals surface area contributed by atoms with Crippen molar-refractivity contribution >= 4 is 116 Å². The molecule has 0 bridgehead atoms. The van der Waals surface area contributed by atoms with E-state index in [1.54, 1.807) is 0 Å². The van der Waals surface area contributed by atoms with Crippen molar-refractivity contribution in [3.05, 3.63) is 34.9 Å². The van der Waals surface area contributed by atoms with E-state index in [1.807, 2.05) is 0 Å². The summed E-state index contributed by atoms with van der Waals surface area (Å²) in [5, 5.41) is 10.4. The highest BCUT2D eigenvalue weighted by Crippen LogP contribution is 2.57. The Balaban J connectivity index is 3.75. The molecule has 1 N–H and O–H groups in total. The van der Waals surface area contributed by atoms with Crippen molar-refractivity contribution < 1.29 is 5.11 Å². The minimum absolute atomic E-state index is 0.0516. The molecule has 0 radical (unpaired) electrons. The highest BCUT2D eigenvalue weighted by Gasteiger charge is 2.52. The van der Waals surface area contributed by atoms with Gasteiger partial charge in [-0.1, -0.05) is 128 Å². The molecule has 0 aromatic heterocycles. The Bertz CT molecular complexity index is 607. The van der Waals surface area contributed by atoms with Gasteiger partial charge in [0, 0.05) is 0 Å². The Labute approximate surface area is 190 Å². The third-order valence-corrected chi connectivity index (χ3v) is 7.93. The first-order chi connectivity index (χ1) is 10.3. The summed E-state index contributed by atoms with van der Waals surface area (Å²) in [5.41, 5.74) is -0.916. The first-order valence-corrected chi connectivity index (χ1v) is 9.88. The minimum Gasteiger partial charge on any atom is -0.386 e. The second kappa shape index (κ2) is 7.48. The van der Waals surface area contributed by atoms with Gasteiger partial charge in [-0.3, -0.25) is 0 Å². The van der Waals surface area contributed by atoms with Gasteiger partial charge in [-0.2, -0.15) is 0 Å². The molecule has 0 heterocycles. The zero-order valence-electron chi connectivity index (χ0n) is 12.0. The summed E-state index contributed by atoms with van der Waals surface area (Å²) in [6.45, 7) is 2.99. The summed E-state index contributed by atoms with van der Waals surface area (Å²) in [7, 11) is 0. The van der Waals surface area contributed by atoms with Crippen LogP contribution >= 0.6 is 116 Å². The summed E-state index contributed by atoms with van der Waals surface area (Å²) in [5.74, 6) is 0. The van der Waals surface area contributed by atoms with Crippen molar-refractivity contribution in [2.45, 2.75) is 35.7 Å². The van der Waals surface area contributed by atoms with Crippen LogP contribution in [-0.4, -0.2) is 12.7 Å². The third-order valence-electron chi connectivity index (χ3n) is 3.09. The van der Waals surface area contributed by atoms with Crippen molar-refractivity contribution in [3.8, 4) is 0 Å². The SMILES string of the molecule is CC(C)(O)c1ccc(C(Cl)(Cl)C(Cl)(Cl)Cl)cc1C(Cl)(Cl)C(Cl)(Cl)Cl. The molecule has 0 saturated carbocycles. The average Bonchev–Trinajstić information content (AvgIpc) is 2.34. The van der Waals surface area contributed by atoms with E-state index in [2.05, 4.69) is 0 Å². The van der Waals surface area contributed by atoms with Crippen molar-refractivity contribution in [2.24, 2.45) is 0 Å². The van der Waals surface area contributed by atoms with E-state index in [0.29, 0.717) is 0 Å². The van der Waals surface area contributed by atoms with Crippen molar-refractivity contribution in [2.75, 3.05) is 0 Å². The van der Waals surface area contributed by atoms with Crippen LogP contribution < -0.4 is 0 Å². The molecule has 0 unspecified atom stereocenters. The van der Waals surface area contributed by atoms with E-state index in [0.717, 1.165) is 0 Å². The maximum Gasteiger partial charge on any atom is 0.227 e. The van der Waals surface area contributed by atoms with Crippen LogP contribution in [0.5, 0.6) is 0 Å². The molecule has 1 nitrogen and oxygen atoms in total. The Kier molecular flexibility index (Phi) is 7.52. The second-order valence-corrected chi connectivity index (χ2v) is 12.7. The van der Waals surface area contributed by atoms with Gasteiger partial charge in [0.05, 0.1) is 5.60 Å². The van der Waals surface area contributed by atoms with Crippen LogP contribution in [0, 0.1) is 0 Å². The molecule has 0 aliphatic rings. The Hall–Kier alpha value is 2.08. The van der Waals surface area contributed by atoms with Crippen LogP contribution in [0.2, 0.25) is 0 Å². The zero-order valence-corrected chi connectivity index (χ0v) is 19.5. The van der Waals surface area contributed by atoms with E-state index < -0.39 is 21.9 Å². The molecule has 0 fully saturated rings. The molecule has 1 aromatic rings. The summed E-state index contributed by atoms with van der Waals surface area (Å²) in [4.78, 5) is 0. The molecule has 0 aliphatic carbocycles. The fourth-order valence-corrected chi connectivity index (χ4v) is 3.03. The van der Waals surface area contributed by atoms with Gasteiger partial charge in [0.25, 0.3) is 0 Å². The number of hydrogen-bond acceptors (Lipinski definition) is 1. The smallest absolute Gasteiger partial charge is 0.227 e. The molecule has 24 heavy (non-hydrogen) atoms. The number of alkyl halides is 10. The normalized spacial score (nSPS) is 14.9. The second-order valence-electron chi connectivity index (χ2n) is 5.46. The van der Waals surface area contributed by atoms with Gasteiger partial charge >= 0.3 is 0 Å². The van der Waals surface area contributed by atoms with Crippen LogP contribution in [0.4, 0.5) is 0 Å². The lowest BCUT2D eigenvalue weighted by Gasteiger charge is -2.35. The molecule has 0 spiro atoms. The van der Waals surface area contributed by atoms with E-state index >= 15 is 0 Å². The topological polar surface area (TPSA) is 20.2 Å². The van der Waals surface area contributed by atoms with Gasteiger partial charge in [-0.15, -0.1) is 0 Å². The molecular formula is C13H10Cl10O. The fraction of sp³-hybridized carbons (Fsp3) is 0.538. The van der Waals surface area contributed by atoms with Crippen molar-refractivity contribution in [1.29, 1.82) is 0 Å². The maximum absolute atomic E-state index is 10.4. The molecule has 1 aromatic carbocycles. The average molecular weight is 537 g/mol. The van der Waals surface area contributed by atoms with Crippen molar-refractivity contribution in [1.82, 2.24) is 0 Å². The van der Waals surface area contributed by atoms with E-state index in [-0.39, 0.29) is 16.7 Å². The third kappa shape index (κ3) is 4.92. The molecule has 0 atom stereocenters. The molecular weight excluding hydrogens is 527 g/mol. The maximum atomic E-state index is 10.4. The number of hydrogen-bond donors (Lipinski definition) is 1. The van der Waals surface area contributed by atoms with Gasteiger partial charge in [0.2, 0.25) is 7.59 Å². The summed E-state index contributed by atoms with van der Waals surface area (Å²) < 4.78 is -8.23. The van der Waals surface area contributed by atoms with E-state index in [1.165, 1.54) is 32.0 Å². The number of rotatable bonds is 3. The Morgan fingerprint density at radius 3 is 1.42 bits per heavy atom. The first kappa shape index (κ1) is 24.1. The lowest BCUT2D eigenvalue weighted by molar-refractivity contribution is 0.0773. The summed E-state index contributed by atoms with van der Waals surface area (Å²) in [6, 6.07) is 4.22. The lowest BCUT2D eigenvalue weighted by atomic mass is 9.89. The number of halogens is 10. The Morgan fingerprint density at radius 1 is 0.667 bits per heavy atom. The summed E-state index contributed by atoms with van der Waals surface area (Å²) >= 11 is 59.9. The Morgan fingerprint density at radius 2 is 1.08 bits per heavy atom. The van der Waals surface area contributed by atoms with Gasteiger partial charge in [0.15, 0.2) is 8.67 Å². The molecule has 1 rings (SSSR count). The highest BCUT2D eigenvalue weighted by atomic mass is 35.6. The van der Waals surface area contributed by atoms with E-state index in [4.69, 9.17) is 116 Å². The zero-order chi connectivity index (χ0) is 19.4. The minimum atomic E-state index is -2.14. The highest BCUT2D eigenvalue weighted by molar-refractivity contribution is 6.76. The fourth-order valence-electron chi connectivity index (χ4n) is 1.85. The lowest BCUT2D eigenvalue weighted by Crippen LogP contribution is -2.34. The van der Waals surface area contributed by atoms with E-state index in [9.17, 15) is 5.11 Å². The predicted molar refractivity (Wildman–Crippen MR) is 109 cm³/mol. The van der Waals surface area contributed by atoms with Crippen LogP contribution in [0.3, 0.4) is 0 Å². The van der Waals surface area contributed by atoms with Gasteiger partial charge in [-0.25, -0.2) is 0 Å². The van der Waals surface area contributed by atoms with Gasteiger partial charge in [-0.05, 0) is 36.6 Å². The largest absolute Gasteiger partial charge is 0.386 e. The van der Waals surface area contributed by atoms with Crippen LogP contribution in [0.25, 0.3) is 0 Å². The standard InChI is InChI=1S/C13H10Cl10O/c1-9(2,24)7-4-3-6(10(14,15)12(18,19)20)5-8(7)11(16,17)13(21,22)23/h3-5,24H,1-2H3. The first-order valence-electron chi connectivity index (χ1n) is 6.10. The monoisotopic (exact) mass is 532 g/mol. The number of aliphatic hydroxyl groups is 1. The van der Waals surface area contributed by atoms with Gasteiger partial charge < -0.3 is 5.11 Å². The molecule has 138 valence electrons. The summed E-state index contributed by atoms with van der Waals surface area (Å²) in [6.07, 6.45) is 0. The molecule has 0 saturated heterocycles. The van der Waals surface area contributed by atoms with Crippen molar-refractivity contribution in [3.63, 3.8) is 0 Å². The van der Waals surface area contributed by atoms with Gasteiger partial charge in [0.1, 0.15) is 0 Å². The molecule has 0 aliphatic heterocycles. The predicted octanol–water partition coefficient (Wildman–Crippen LogP) is 7.92. The van der Waals surface area contributed by atoms with Crippen LogP contribution in [0.1, 0.15) is 30.5 Å². The number of benzene rings is 1. The molecule has 11 heteroatoms. The van der Waals surface area contributed by atoms with Crippen LogP contribution in [0.15, 0.2) is 18.2 Å². The van der Waals surface area contributed by atoms with Crippen LogP contribution in [-0.2, 0) is 14.3 Å². The molecule has 0 amide bonds.